The summed E-state index contributed by atoms with van der Waals surface area (Å²) in [7, 11) is 0. The average molecular weight is 322 g/mol. The second-order valence-corrected chi connectivity index (χ2v) is 6.44. The van der Waals surface area contributed by atoms with Gasteiger partial charge in [-0.2, -0.15) is 0 Å². The zero-order valence-electron chi connectivity index (χ0n) is 14.2. The van der Waals surface area contributed by atoms with Gasteiger partial charge < -0.3 is 10.2 Å². The van der Waals surface area contributed by atoms with Crippen LogP contribution in [0, 0.1) is 0 Å². The number of piperidine rings is 1. The molecule has 0 aromatic heterocycles. The number of nitrogens with one attached hydrogen (secondary N) is 1. The second kappa shape index (κ2) is 8.53. The van der Waals surface area contributed by atoms with E-state index < -0.39 is 0 Å². The molecule has 2 aromatic rings. The zero-order chi connectivity index (χ0) is 16.6. The van der Waals surface area contributed by atoms with Crippen molar-refractivity contribution in [3.63, 3.8) is 0 Å². The molecule has 1 fully saturated rings. The fourth-order valence-electron chi connectivity index (χ4n) is 3.22. The van der Waals surface area contributed by atoms with Crippen LogP contribution in [0.5, 0.6) is 0 Å². The molecule has 0 bridgehead atoms. The van der Waals surface area contributed by atoms with E-state index in [1.807, 2.05) is 18.2 Å². The molecule has 2 aromatic carbocycles. The highest BCUT2D eigenvalue weighted by molar-refractivity contribution is 5.94. The molecule has 1 aliphatic rings. The summed E-state index contributed by atoms with van der Waals surface area (Å²) in [6.45, 7) is 2.97. The number of amides is 1. The minimum Gasteiger partial charge on any atom is -0.372 e. The molecule has 3 nitrogen and oxygen atoms in total. The lowest BCUT2D eigenvalue weighted by atomic mass is 10.1. The molecular formula is C21H26N2O. The van der Waals surface area contributed by atoms with E-state index >= 15 is 0 Å². The monoisotopic (exact) mass is 322 g/mol. The van der Waals surface area contributed by atoms with Crippen LogP contribution in [0.3, 0.4) is 0 Å². The number of hydrogen-bond donors (Lipinski definition) is 1. The third-order valence-electron chi connectivity index (χ3n) is 4.62. The number of aryl methyl sites for hydroxylation is 1. The van der Waals surface area contributed by atoms with E-state index in [4.69, 9.17) is 0 Å². The van der Waals surface area contributed by atoms with Gasteiger partial charge in [0.15, 0.2) is 0 Å². The van der Waals surface area contributed by atoms with Gasteiger partial charge in [-0.05, 0) is 61.9 Å². The number of benzene rings is 2. The highest BCUT2D eigenvalue weighted by atomic mass is 16.1. The Morgan fingerprint density at radius 3 is 2.33 bits per heavy atom. The molecule has 1 amide bonds. The van der Waals surface area contributed by atoms with Crippen LogP contribution >= 0.6 is 0 Å². The normalized spacial score (nSPS) is 14.4. The van der Waals surface area contributed by atoms with Gasteiger partial charge in [0.1, 0.15) is 0 Å². The van der Waals surface area contributed by atoms with E-state index in [1.165, 1.54) is 30.5 Å². The Labute approximate surface area is 144 Å². The highest BCUT2D eigenvalue weighted by Crippen LogP contribution is 2.20. The largest absolute Gasteiger partial charge is 0.372 e. The zero-order valence-corrected chi connectivity index (χ0v) is 14.2. The molecule has 1 N–H and O–H groups in total. The Bertz CT molecular complexity index is 631. The van der Waals surface area contributed by atoms with Crippen LogP contribution in [0.2, 0.25) is 0 Å². The van der Waals surface area contributed by atoms with Gasteiger partial charge in [0.25, 0.3) is 5.91 Å². The second-order valence-electron chi connectivity index (χ2n) is 6.44. The van der Waals surface area contributed by atoms with Gasteiger partial charge in [0, 0.05) is 30.9 Å². The summed E-state index contributed by atoms with van der Waals surface area (Å²) in [6.07, 6.45) is 5.82. The summed E-state index contributed by atoms with van der Waals surface area (Å²) in [5.74, 6) is 0.0215. The standard InChI is InChI=1S/C21H26N2O/c24-21(22-15-7-10-18-8-3-1-4-9-18)19-11-13-20(14-12-19)23-16-5-2-6-17-23/h1,3-4,8-9,11-14H,2,5-7,10,15-17H2,(H,22,24). The van der Waals surface area contributed by atoms with Gasteiger partial charge in [-0.3, -0.25) is 4.79 Å². The number of hydrogen-bond acceptors (Lipinski definition) is 2. The maximum absolute atomic E-state index is 12.2. The fraction of sp³-hybridized carbons (Fsp3) is 0.381. The molecule has 0 aliphatic carbocycles. The predicted molar refractivity (Wildman–Crippen MR) is 99.6 cm³/mol. The van der Waals surface area contributed by atoms with Crippen molar-refractivity contribution in [1.82, 2.24) is 5.32 Å². The molecule has 0 atom stereocenters. The maximum atomic E-state index is 12.2. The first-order valence-electron chi connectivity index (χ1n) is 9.00. The Kier molecular flexibility index (Phi) is 5.89. The molecule has 0 spiro atoms. The van der Waals surface area contributed by atoms with E-state index in [0.29, 0.717) is 6.54 Å². The molecule has 0 unspecified atom stereocenters. The van der Waals surface area contributed by atoms with Gasteiger partial charge in [0.05, 0.1) is 0 Å². The molecule has 1 heterocycles. The molecule has 126 valence electrons. The van der Waals surface area contributed by atoms with Gasteiger partial charge >= 0.3 is 0 Å². The quantitative estimate of drug-likeness (QED) is 0.814. The van der Waals surface area contributed by atoms with Gasteiger partial charge in [-0.1, -0.05) is 30.3 Å². The van der Waals surface area contributed by atoms with Gasteiger partial charge in [0.2, 0.25) is 0 Å². The first-order valence-corrected chi connectivity index (χ1v) is 9.00. The summed E-state index contributed by atoms with van der Waals surface area (Å²) in [4.78, 5) is 14.6. The summed E-state index contributed by atoms with van der Waals surface area (Å²) < 4.78 is 0. The van der Waals surface area contributed by atoms with Crippen LogP contribution in [0.25, 0.3) is 0 Å². The van der Waals surface area contributed by atoms with Crippen molar-refractivity contribution in [1.29, 1.82) is 0 Å². The minimum absolute atomic E-state index is 0.0215. The highest BCUT2D eigenvalue weighted by Gasteiger charge is 2.11. The topological polar surface area (TPSA) is 32.3 Å². The summed E-state index contributed by atoms with van der Waals surface area (Å²) in [6, 6.07) is 18.4. The molecule has 0 saturated carbocycles. The number of carbonyl (C=O) groups excluding carboxylic acids is 1. The molecule has 3 rings (SSSR count). The summed E-state index contributed by atoms with van der Waals surface area (Å²) >= 11 is 0. The minimum atomic E-state index is 0.0215. The molecule has 0 radical (unpaired) electrons. The van der Waals surface area contributed by atoms with Gasteiger partial charge in [-0.15, -0.1) is 0 Å². The lowest BCUT2D eigenvalue weighted by molar-refractivity contribution is 0.0953. The van der Waals surface area contributed by atoms with Crippen molar-refractivity contribution in [3.05, 3.63) is 65.7 Å². The predicted octanol–water partition coefficient (Wildman–Crippen LogP) is 4.04. The van der Waals surface area contributed by atoms with Crippen molar-refractivity contribution >= 4 is 11.6 Å². The number of anilines is 1. The fourth-order valence-corrected chi connectivity index (χ4v) is 3.22. The smallest absolute Gasteiger partial charge is 0.251 e. The van der Waals surface area contributed by atoms with E-state index in [2.05, 4.69) is 46.6 Å². The lowest BCUT2D eigenvalue weighted by Crippen LogP contribution is -2.29. The number of rotatable bonds is 6. The SMILES string of the molecule is O=C(NCCCc1ccccc1)c1ccc(N2CCCCC2)cc1. The Hall–Kier alpha value is -2.29. The van der Waals surface area contributed by atoms with E-state index in [9.17, 15) is 4.79 Å². The lowest BCUT2D eigenvalue weighted by Gasteiger charge is -2.28. The molecule has 1 saturated heterocycles. The van der Waals surface area contributed by atoms with Crippen LogP contribution in [0.15, 0.2) is 54.6 Å². The summed E-state index contributed by atoms with van der Waals surface area (Å²) in [5.41, 5.74) is 3.29. The Morgan fingerprint density at radius 2 is 1.62 bits per heavy atom. The summed E-state index contributed by atoms with van der Waals surface area (Å²) in [5, 5.41) is 3.02. The van der Waals surface area contributed by atoms with Crippen molar-refractivity contribution in [2.24, 2.45) is 0 Å². The average Bonchev–Trinajstić information content (AvgIpc) is 2.67. The molecule has 1 aliphatic heterocycles. The third kappa shape index (κ3) is 4.60. The Balaban J connectivity index is 1.44. The molecule has 24 heavy (non-hydrogen) atoms. The number of carbonyl (C=O) groups is 1. The van der Waals surface area contributed by atoms with Crippen LogP contribution in [0.4, 0.5) is 5.69 Å². The molecular weight excluding hydrogens is 296 g/mol. The van der Waals surface area contributed by atoms with Crippen molar-refractivity contribution in [2.75, 3.05) is 24.5 Å². The van der Waals surface area contributed by atoms with Crippen molar-refractivity contribution in [2.45, 2.75) is 32.1 Å². The van der Waals surface area contributed by atoms with Gasteiger partial charge in [-0.25, -0.2) is 0 Å². The maximum Gasteiger partial charge on any atom is 0.251 e. The first kappa shape index (κ1) is 16.6. The van der Waals surface area contributed by atoms with Crippen LogP contribution < -0.4 is 10.2 Å². The molecule has 3 heteroatoms. The van der Waals surface area contributed by atoms with Crippen molar-refractivity contribution < 1.29 is 4.79 Å². The van der Waals surface area contributed by atoms with E-state index in [0.717, 1.165) is 31.5 Å². The van der Waals surface area contributed by atoms with Crippen molar-refractivity contribution in [3.8, 4) is 0 Å². The first-order chi connectivity index (χ1) is 11.8. The third-order valence-corrected chi connectivity index (χ3v) is 4.62. The van der Waals surface area contributed by atoms with E-state index in [-0.39, 0.29) is 5.91 Å². The van der Waals surface area contributed by atoms with Crippen LogP contribution in [-0.2, 0) is 6.42 Å². The Morgan fingerprint density at radius 1 is 0.917 bits per heavy atom. The number of nitrogens with zero attached hydrogens (tertiary/aromatic N) is 1. The van der Waals surface area contributed by atoms with Crippen LogP contribution in [0.1, 0.15) is 41.6 Å². The van der Waals surface area contributed by atoms with E-state index in [1.54, 1.807) is 0 Å². The van der Waals surface area contributed by atoms with Crippen LogP contribution in [-0.4, -0.2) is 25.5 Å².